The quantitative estimate of drug-likeness (QED) is 0.349. The van der Waals surface area contributed by atoms with Crippen molar-refractivity contribution in [3.05, 3.63) is 52.0 Å². The molecule has 2 atom stereocenters. The Hall–Kier alpha value is -3.54. The standard InChI is InChI=1S/C24H31F2N7O3/c1-14(22(35)29-15-6-4-7-17(34)10-15)21-31-19(11-20(27-2)33(21)28-3)30-18-8-5-9-32(23(18)36)16-12-24(25,26)13-16/h5,8-9,11,15-17,30-31,34H,3-4,6-7,10,12-13H2,1-2H3,(H,29,35)/b21-14+,27-20?/t15-,17-/m1/s1. The highest BCUT2D eigenvalue weighted by molar-refractivity contribution is 5.99. The average molecular weight is 504 g/mol. The number of amidine groups is 1. The first-order valence-corrected chi connectivity index (χ1v) is 11.9. The molecule has 2 aliphatic carbocycles. The van der Waals surface area contributed by atoms with E-state index in [2.05, 4.69) is 32.8 Å². The van der Waals surface area contributed by atoms with Gasteiger partial charge in [0.2, 0.25) is 0 Å². The number of nitrogens with zero attached hydrogens (tertiary/aromatic N) is 4. The van der Waals surface area contributed by atoms with Gasteiger partial charge in [-0.15, -0.1) is 0 Å². The largest absolute Gasteiger partial charge is 0.393 e. The molecule has 4 rings (SSSR count). The highest BCUT2D eigenvalue weighted by atomic mass is 19.3. The average Bonchev–Trinajstić information content (AvgIpc) is 2.82. The second-order valence-corrected chi connectivity index (χ2v) is 9.36. The molecule has 1 aliphatic heterocycles. The number of hydrogen-bond acceptors (Lipinski definition) is 7. The lowest BCUT2D eigenvalue weighted by atomic mass is 9.88. The number of pyridine rings is 1. The number of anilines is 1. The number of aromatic nitrogens is 1. The Kier molecular flexibility index (Phi) is 7.25. The number of carbonyl (C=O) groups excluding carboxylic acids is 1. The summed E-state index contributed by atoms with van der Waals surface area (Å²) >= 11 is 0. The topological polar surface area (TPSA) is 123 Å². The summed E-state index contributed by atoms with van der Waals surface area (Å²) in [6.45, 7) is 5.20. The van der Waals surface area contributed by atoms with Gasteiger partial charge >= 0.3 is 0 Å². The van der Waals surface area contributed by atoms with Crippen LogP contribution in [0.15, 0.2) is 56.5 Å². The number of hydrazone groups is 1. The first-order valence-electron chi connectivity index (χ1n) is 11.9. The van der Waals surface area contributed by atoms with Crippen molar-refractivity contribution in [3.63, 3.8) is 0 Å². The zero-order chi connectivity index (χ0) is 26.0. The van der Waals surface area contributed by atoms with E-state index in [1.165, 1.54) is 15.8 Å². The lowest BCUT2D eigenvalue weighted by Crippen LogP contribution is -2.44. The second-order valence-electron chi connectivity index (χ2n) is 9.36. The first-order chi connectivity index (χ1) is 17.1. The Labute approximate surface area is 207 Å². The summed E-state index contributed by atoms with van der Waals surface area (Å²) in [7, 11) is 1.55. The normalized spacial score (nSPS) is 26.4. The van der Waals surface area contributed by atoms with Gasteiger partial charge in [0.1, 0.15) is 17.3 Å². The van der Waals surface area contributed by atoms with E-state index in [0.717, 1.165) is 19.3 Å². The molecule has 4 N–H and O–H groups in total. The van der Waals surface area contributed by atoms with Gasteiger partial charge in [-0.05, 0) is 44.7 Å². The molecule has 10 nitrogen and oxygen atoms in total. The molecule has 2 heterocycles. The fourth-order valence-electron chi connectivity index (χ4n) is 4.70. The Bertz CT molecular complexity index is 1180. The van der Waals surface area contributed by atoms with Crippen molar-refractivity contribution in [1.29, 1.82) is 0 Å². The number of aliphatic imine (C=N–C) groups is 1. The Morgan fingerprint density at radius 3 is 2.72 bits per heavy atom. The number of aliphatic hydroxyl groups is 1. The molecule has 0 radical (unpaired) electrons. The van der Waals surface area contributed by atoms with E-state index in [-0.39, 0.29) is 30.5 Å². The number of alkyl halides is 2. The van der Waals surface area contributed by atoms with Crippen molar-refractivity contribution in [2.24, 2.45) is 10.1 Å². The molecule has 12 heteroatoms. The van der Waals surface area contributed by atoms with Crippen molar-refractivity contribution < 1.29 is 18.7 Å². The van der Waals surface area contributed by atoms with Gasteiger partial charge in [-0.25, -0.2) is 8.78 Å². The molecular weight excluding hydrogens is 472 g/mol. The number of rotatable bonds is 6. The van der Waals surface area contributed by atoms with Crippen LogP contribution in [0.3, 0.4) is 0 Å². The summed E-state index contributed by atoms with van der Waals surface area (Å²) in [6, 6.07) is 2.47. The molecular formula is C24H31F2N7O3. The van der Waals surface area contributed by atoms with E-state index in [1.807, 2.05) is 0 Å². The molecule has 2 fully saturated rings. The van der Waals surface area contributed by atoms with Gasteiger partial charge < -0.3 is 25.6 Å². The van der Waals surface area contributed by atoms with Crippen LogP contribution < -0.4 is 21.5 Å². The van der Waals surface area contributed by atoms with Crippen molar-refractivity contribution in [1.82, 2.24) is 20.2 Å². The number of nitrogens with one attached hydrogen (secondary N) is 3. The summed E-state index contributed by atoms with van der Waals surface area (Å²) in [5.41, 5.74) is 0.0496. The Morgan fingerprint density at radius 2 is 2.08 bits per heavy atom. The van der Waals surface area contributed by atoms with Gasteiger partial charge in [-0.2, -0.15) is 10.1 Å². The number of halogens is 2. The van der Waals surface area contributed by atoms with Gasteiger partial charge in [0.05, 0.1) is 11.7 Å². The SMILES string of the molecule is C=NN1C(=NC)C=C(Nc2cccn(C3CC(F)(F)C3)c2=O)N/C1=C(/C)C(=O)N[C@@H]1CCC[C@@H](O)C1. The van der Waals surface area contributed by atoms with Crippen molar-refractivity contribution in [3.8, 4) is 0 Å². The van der Waals surface area contributed by atoms with E-state index in [4.69, 9.17) is 0 Å². The maximum absolute atomic E-state index is 13.4. The van der Waals surface area contributed by atoms with Crippen LogP contribution >= 0.6 is 0 Å². The van der Waals surface area contributed by atoms with Gasteiger partial charge in [-0.3, -0.25) is 14.6 Å². The Balaban J connectivity index is 1.57. The third-order valence-electron chi connectivity index (χ3n) is 6.71. The molecule has 0 saturated heterocycles. The van der Waals surface area contributed by atoms with Crippen LogP contribution in [0, 0.1) is 0 Å². The minimum absolute atomic E-state index is 0.139. The maximum atomic E-state index is 13.4. The molecule has 3 aliphatic rings. The van der Waals surface area contributed by atoms with Crippen LogP contribution in [-0.2, 0) is 4.79 Å². The molecule has 0 aromatic carbocycles. The smallest absolute Gasteiger partial charge is 0.274 e. The molecule has 0 unspecified atom stereocenters. The number of hydrogen-bond donors (Lipinski definition) is 4. The zero-order valence-corrected chi connectivity index (χ0v) is 20.3. The minimum atomic E-state index is -2.75. The van der Waals surface area contributed by atoms with Gasteiger partial charge in [0.15, 0.2) is 5.84 Å². The highest BCUT2D eigenvalue weighted by Gasteiger charge is 2.46. The van der Waals surface area contributed by atoms with Gasteiger partial charge in [0, 0.05) is 51.0 Å². The van der Waals surface area contributed by atoms with Crippen LogP contribution in [0.1, 0.15) is 51.5 Å². The van der Waals surface area contributed by atoms with Gasteiger partial charge in [0.25, 0.3) is 17.4 Å². The van der Waals surface area contributed by atoms with E-state index >= 15 is 0 Å². The zero-order valence-electron chi connectivity index (χ0n) is 20.3. The van der Waals surface area contributed by atoms with Crippen LogP contribution in [0.4, 0.5) is 14.5 Å². The van der Waals surface area contributed by atoms with Gasteiger partial charge in [-0.1, -0.05) is 0 Å². The fraction of sp³-hybridized carbons (Fsp3) is 0.500. The summed E-state index contributed by atoms with van der Waals surface area (Å²) in [5.74, 6) is -2.09. The minimum Gasteiger partial charge on any atom is -0.393 e. The molecule has 0 spiro atoms. The van der Waals surface area contributed by atoms with E-state index < -0.39 is 23.6 Å². The first kappa shape index (κ1) is 25.5. The van der Waals surface area contributed by atoms with Crippen molar-refractivity contribution in [2.75, 3.05) is 12.4 Å². The van der Waals surface area contributed by atoms with Crippen LogP contribution in [0.2, 0.25) is 0 Å². The lowest BCUT2D eigenvalue weighted by molar-refractivity contribution is -0.118. The summed E-state index contributed by atoms with van der Waals surface area (Å²) in [6.07, 6.45) is 4.74. The second kappa shape index (κ2) is 10.2. The fourth-order valence-corrected chi connectivity index (χ4v) is 4.70. The Morgan fingerprint density at radius 1 is 1.33 bits per heavy atom. The molecule has 2 saturated carbocycles. The third kappa shape index (κ3) is 5.32. The number of carbonyl (C=O) groups is 1. The maximum Gasteiger partial charge on any atom is 0.274 e. The molecule has 0 bridgehead atoms. The molecule has 36 heavy (non-hydrogen) atoms. The van der Waals surface area contributed by atoms with Crippen molar-refractivity contribution >= 4 is 24.1 Å². The predicted molar refractivity (Wildman–Crippen MR) is 133 cm³/mol. The molecule has 194 valence electrons. The molecule has 1 aromatic rings. The lowest BCUT2D eigenvalue weighted by Gasteiger charge is -2.36. The summed E-state index contributed by atoms with van der Waals surface area (Å²) < 4.78 is 28.0. The van der Waals surface area contributed by atoms with Crippen LogP contribution in [0.5, 0.6) is 0 Å². The number of amides is 1. The number of aliphatic hydroxyl groups excluding tert-OH is 1. The third-order valence-corrected chi connectivity index (χ3v) is 6.71. The summed E-state index contributed by atoms with van der Waals surface area (Å²) in [4.78, 5) is 30.2. The van der Waals surface area contributed by atoms with Crippen molar-refractivity contribution in [2.45, 2.75) is 69.6 Å². The highest BCUT2D eigenvalue weighted by Crippen LogP contribution is 2.44. The van der Waals surface area contributed by atoms with E-state index in [0.29, 0.717) is 29.5 Å². The predicted octanol–water partition coefficient (Wildman–Crippen LogP) is 2.27. The molecule has 1 aromatic heterocycles. The molecule has 1 amide bonds. The van der Waals surface area contributed by atoms with E-state index in [1.54, 1.807) is 32.2 Å². The van der Waals surface area contributed by atoms with E-state index in [9.17, 15) is 23.5 Å². The van der Waals surface area contributed by atoms with Crippen LogP contribution in [0.25, 0.3) is 0 Å². The monoisotopic (exact) mass is 503 g/mol. The van der Waals surface area contributed by atoms with Crippen LogP contribution in [-0.4, -0.2) is 58.3 Å². The summed E-state index contributed by atoms with van der Waals surface area (Å²) in [5, 5.41) is 24.3.